The second-order valence-electron chi connectivity index (χ2n) is 6.48. The molecule has 0 aliphatic heterocycles. The number of hydrogen-bond donors (Lipinski definition) is 0. The van der Waals surface area contributed by atoms with Gasteiger partial charge in [0.1, 0.15) is 17.2 Å². The van der Waals surface area contributed by atoms with Crippen LogP contribution >= 0.6 is 0 Å². The highest BCUT2D eigenvalue weighted by atomic mass is 16.5. The van der Waals surface area contributed by atoms with Gasteiger partial charge in [-0.1, -0.05) is 0 Å². The zero-order valence-electron chi connectivity index (χ0n) is 15.1. The monoisotopic (exact) mass is 351 g/mol. The summed E-state index contributed by atoms with van der Waals surface area (Å²) in [6.45, 7) is 0. The first-order valence-corrected chi connectivity index (χ1v) is 8.61. The van der Waals surface area contributed by atoms with E-state index in [0.29, 0.717) is 22.9 Å². The van der Waals surface area contributed by atoms with Crippen molar-refractivity contribution in [3.8, 4) is 28.5 Å². The third kappa shape index (κ3) is 2.79. The predicted octanol–water partition coefficient (Wildman–Crippen LogP) is 4.03. The van der Waals surface area contributed by atoms with Gasteiger partial charge >= 0.3 is 0 Å². The summed E-state index contributed by atoms with van der Waals surface area (Å²) in [5.41, 5.74) is 2.66. The Kier molecular flexibility index (Phi) is 4.07. The van der Waals surface area contributed by atoms with Gasteiger partial charge in [-0.2, -0.15) is 0 Å². The van der Waals surface area contributed by atoms with E-state index in [4.69, 9.17) is 14.2 Å². The molecule has 0 bridgehead atoms. The van der Waals surface area contributed by atoms with Gasteiger partial charge in [-0.05, 0) is 37.1 Å². The molecule has 5 nitrogen and oxygen atoms in total. The van der Waals surface area contributed by atoms with Gasteiger partial charge in [0.25, 0.3) is 0 Å². The maximum absolute atomic E-state index is 12.8. The normalized spacial score (nSPS) is 13.7. The number of aromatic nitrogens is 1. The first-order chi connectivity index (χ1) is 12.6. The molecule has 1 saturated carbocycles. The van der Waals surface area contributed by atoms with Crippen LogP contribution in [0.15, 0.2) is 47.3 Å². The van der Waals surface area contributed by atoms with Crippen LogP contribution in [0, 0.1) is 0 Å². The fourth-order valence-electron chi connectivity index (χ4n) is 3.35. The van der Waals surface area contributed by atoms with E-state index in [2.05, 4.69) is 4.57 Å². The maximum Gasteiger partial charge on any atom is 0.190 e. The standard InChI is InChI=1S/C21H21NO4/c1-24-15-6-7-18-20(11-15)22(14-4-5-14)19(12-21(18)23)13-8-16(25-2)10-17(9-13)26-3/h6-12,14H,4-5H2,1-3H3. The minimum Gasteiger partial charge on any atom is -0.497 e. The van der Waals surface area contributed by atoms with Crippen molar-refractivity contribution in [3.05, 3.63) is 52.7 Å². The Labute approximate surface area is 151 Å². The highest BCUT2D eigenvalue weighted by Crippen LogP contribution is 2.42. The van der Waals surface area contributed by atoms with Gasteiger partial charge in [-0.15, -0.1) is 0 Å². The summed E-state index contributed by atoms with van der Waals surface area (Å²) in [7, 11) is 4.88. The first-order valence-electron chi connectivity index (χ1n) is 8.61. The topological polar surface area (TPSA) is 49.7 Å². The molecule has 0 unspecified atom stereocenters. The molecule has 2 aromatic carbocycles. The van der Waals surface area contributed by atoms with Crippen molar-refractivity contribution < 1.29 is 14.2 Å². The molecule has 1 aromatic heterocycles. The molecule has 26 heavy (non-hydrogen) atoms. The smallest absolute Gasteiger partial charge is 0.190 e. The van der Waals surface area contributed by atoms with Gasteiger partial charge in [0, 0.05) is 35.2 Å². The van der Waals surface area contributed by atoms with Crippen LogP contribution in [0.5, 0.6) is 17.2 Å². The molecule has 0 radical (unpaired) electrons. The van der Waals surface area contributed by atoms with Crippen LogP contribution in [0.3, 0.4) is 0 Å². The van der Waals surface area contributed by atoms with Crippen LogP contribution in [0.4, 0.5) is 0 Å². The van der Waals surface area contributed by atoms with E-state index in [-0.39, 0.29) is 5.43 Å². The zero-order chi connectivity index (χ0) is 18.3. The second-order valence-corrected chi connectivity index (χ2v) is 6.48. The number of ether oxygens (including phenoxy) is 3. The molecule has 0 amide bonds. The van der Waals surface area contributed by atoms with Crippen molar-refractivity contribution in [2.24, 2.45) is 0 Å². The number of pyridine rings is 1. The van der Waals surface area contributed by atoms with Crippen molar-refractivity contribution in [2.75, 3.05) is 21.3 Å². The summed E-state index contributed by atoms with van der Waals surface area (Å²) in [6, 6.07) is 13.4. The fourth-order valence-corrected chi connectivity index (χ4v) is 3.35. The molecule has 1 heterocycles. The molecule has 1 aliphatic rings. The van der Waals surface area contributed by atoms with E-state index in [1.54, 1.807) is 27.4 Å². The molecular weight excluding hydrogens is 330 g/mol. The second kappa shape index (κ2) is 6.41. The number of methoxy groups -OCH3 is 3. The zero-order valence-corrected chi connectivity index (χ0v) is 15.1. The number of benzene rings is 2. The lowest BCUT2D eigenvalue weighted by Crippen LogP contribution is -2.11. The summed E-state index contributed by atoms with van der Waals surface area (Å²) in [4.78, 5) is 12.8. The summed E-state index contributed by atoms with van der Waals surface area (Å²) in [6.07, 6.45) is 2.20. The van der Waals surface area contributed by atoms with Crippen molar-refractivity contribution in [3.63, 3.8) is 0 Å². The number of rotatable bonds is 5. The molecule has 134 valence electrons. The van der Waals surface area contributed by atoms with E-state index in [9.17, 15) is 4.79 Å². The molecule has 1 fully saturated rings. The third-order valence-electron chi connectivity index (χ3n) is 4.82. The van der Waals surface area contributed by atoms with E-state index < -0.39 is 0 Å². The molecular formula is C21H21NO4. The van der Waals surface area contributed by atoms with Gasteiger partial charge < -0.3 is 18.8 Å². The first kappa shape index (κ1) is 16.5. The van der Waals surface area contributed by atoms with Crippen LogP contribution in [-0.2, 0) is 0 Å². The SMILES string of the molecule is COc1cc(OC)cc(-c2cc(=O)c3ccc(OC)cc3n2C2CC2)c1. The summed E-state index contributed by atoms with van der Waals surface area (Å²) < 4.78 is 18.4. The summed E-state index contributed by atoms with van der Waals surface area (Å²) in [5, 5.41) is 0.705. The van der Waals surface area contributed by atoms with Gasteiger partial charge in [-0.25, -0.2) is 0 Å². The Balaban J connectivity index is 2.04. The molecule has 0 atom stereocenters. The molecule has 0 N–H and O–H groups in total. The Morgan fingerprint density at radius 1 is 0.846 bits per heavy atom. The highest BCUT2D eigenvalue weighted by Gasteiger charge is 2.28. The summed E-state index contributed by atoms with van der Waals surface area (Å²) >= 11 is 0. The molecule has 5 heteroatoms. The minimum absolute atomic E-state index is 0.00339. The molecule has 3 aromatic rings. The largest absolute Gasteiger partial charge is 0.497 e. The van der Waals surface area contributed by atoms with Crippen molar-refractivity contribution in [1.29, 1.82) is 0 Å². The van der Waals surface area contributed by atoms with Crippen LogP contribution in [0.1, 0.15) is 18.9 Å². The van der Waals surface area contributed by atoms with Crippen LogP contribution < -0.4 is 19.6 Å². The third-order valence-corrected chi connectivity index (χ3v) is 4.82. The quantitative estimate of drug-likeness (QED) is 0.696. The Bertz CT molecular complexity index is 1010. The van der Waals surface area contributed by atoms with Crippen LogP contribution in [0.25, 0.3) is 22.2 Å². The van der Waals surface area contributed by atoms with Gasteiger partial charge in [-0.3, -0.25) is 4.79 Å². The Morgan fingerprint density at radius 3 is 2.08 bits per heavy atom. The van der Waals surface area contributed by atoms with Gasteiger partial charge in [0.15, 0.2) is 5.43 Å². The number of hydrogen-bond acceptors (Lipinski definition) is 4. The van der Waals surface area contributed by atoms with Crippen LogP contribution in [0.2, 0.25) is 0 Å². The Hall–Kier alpha value is -2.95. The lowest BCUT2D eigenvalue weighted by Gasteiger charge is -2.18. The van der Waals surface area contributed by atoms with E-state index in [1.807, 2.05) is 36.4 Å². The average molecular weight is 351 g/mol. The predicted molar refractivity (Wildman–Crippen MR) is 102 cm³/mol. The maximum atomic E-state index is 12.8. The highest BCUT2D eigenvalue weighted by molar-refractivity contribution is 5.84. The van der Waals surface area contributed by atoms with Crippen molar-refractivity contribution in [1.82, 2.24) is 4.57 Å². The molecule has 0 saturated heterocycles. The lowest BCUT2D eigenvalue weighted by atomic mass is 10.1. The van der Waals surface area contributed by atoms with Crippen LogP contribution in [-0.4, -0.2) is 25.9 Å². The van der Waals surface area contributed by atoms with Crippen molar-refractivity contribution >= 4 is 10.9 Å². The molecule has 1 aliphatic carbocycles. The molecule has 0 spiro atoms. The van der Waals surface area contributed by atoms with Gasteiger partial charge in [0.05, 0.1) is 32.5 Å². The van der Waals surface area contributed by atoms with E-state index in [0.717, 1.165) is 35.4 Å². The minimum atomic E-state index is -0.00339. The number of fused-ring (bicyclic) bond motifs is 1. The lowest BCUT2D eigenvalue weighted by molar-refractivity contribution is 0.394. The average Bonchev–Trinajstić information content (AvgIpc) is 3.51. The van der Waals surface area contributed by atoms with E-state index >= 15 is 0 Å². The van der Waals surface area contributed by atoms with Gasteiger partial charge in [0.2, 0.25) is 0 Å². The summed E-state index contributed by atoms with van der Waals surface area (Å²) in [5.74, 6) is 2.13. The Morgan fingerprint density at radius 2 is 1.50 bits per heavy atom. The molecule has 4 rings (SSSR count). The van der Waals surface area contributed by atoms with Crippen molar-refractivity contribution in [2.45, 2.75) is 18.9 Å². The fraction of sp³-hybridized carbons (Fsp3) is 0.286. The van der Waals surface area contributed by atoms with E-state index in [1.165, 1.54) is 0 Å². The number of nitrogens with zero attached hydrogens (tertiary/aromatic N) is 1.